The first-order valence-corrected chi connectivity index (χ1v) is 7.30. The van der Waals surface area contributed by atoms with Crippen LogP contribution in [0.2, 0.25) is 0 Å². The quantitative estimate of drug-likeness (QED) is 0.867. The van der Waals surface area contributed by atoms with Crippen LogP contribution in [0.1, 0.15) is 12.8 Å². The van der Waals surface area contributed by atoms with Crippen LogP contribution in [0.15, 0.2) is 41.3 Å². The maximum atomic E-state index is 9.88. The first-order valence-electron chi connectivity index (χ1n) is 6.43. The van der Waals surface area contributed by atoms with Gasteiger partial charge in [0, 0.05) is 22.1 Å². The van der Waals surface area contributed by atoms with E-state index in [1.165, 1.54) is 17.7 Å². The molecule has 3 rings (SSSR count). The van der Waals surface area contributed by atoms with Crippen LogP contribution in [0.4, 0.5) is 0 Å². The molecular formula is C15H17NOS. The third kappa shape index (κ3) is 2.33. The van der Waals surface area contributed by atoms with E-state index in [0.29, 0.717) is 11.0 Å². The lowest BCUT2D eigenvalue weighted by Crippen LogP contribution is -2.31. The second-order valence-electron chi connectivity index (χ2n) is 4.71. The molecule has 1 fully saturated rings. The van der Waals surface area contributed by atoms with E-state index in [-0.39, 0.29) is 0 Å². The summed E-state index contributed by atoms with van der Waals surface area (Å²) in [4.78, 5) is 1.28. The molecule has 1 aliphatic heterocycles. The molecule has 2 nitrogen and oxygen atoms in total. The molecule has 94 valence electrons. The number of phenolic OH excluding ortho intramolecular Hbond substituents is 1. The number of phenols is 1. The topological polar surface area (TPSA) is 32.3 Å². The fourth-order valence-electron chi connectivity index (χ4n) is 2.46. The summed E-state index contributed by atoms with van der Waals surface area (Å²) in [6.07, 6.45) is 2.53. The summed E-state index contributed by atoms with van der Waals surface area (Å²) in [5.74, 6) is 0.372. The molecule has 2 aromatic carbocycles. The number of hydrogen-bond donors (Lipinski definition) is 2. The monoisotopic (exact) mass is 259 g/mol. The molecule has 2 aromatic rings. The van der Waals surface area contributed by atoms with Gasteiger partial charge in [0.2, 0.25) is 0 Å². The molecule has 3 heteroatoms. The van der Waals surface area contributed by atoms with Crippen LogP contribution in [-0.2, 0) is 0 Å². The van der Waals surface area contributed by atoms with Crippen LogP contribution in [0.25, 0.3) is 10.8 Å². The van der Waals surface area contributed by atoms with Gasteiger partial charge in [0.15, 0.2) is 0 Å². The van der Waals surface area contributed by atoms with Crippen molar-refractivity contribution in [2.75, 3.05) is 13.1 Å². The highest BCUT2D eigenvalue weighted by atomic mass is 32.2. The van der Waals surface area contributed by atoms with E-state index in [1.807, 2.05) is 36.0 Å². The molecule has 1 atom stereocenters. The lowest BCUT2D eigenvalue weighted by molar-refractivity contribution is 0.481. The van der Waals surface area contributed by atoms with Gasteiger partial charge in [0.05, 0.1) is 0 Å². The molecule has 18 heavy (non-hydrogen) atoms. The first-order chi connectivity index (χ1) is 8.84. The molecule has 1 aliphatic rings. The van der Waals surface area contributed by atoms with E-state index in [4.69, 9.17) is 0 Å². The Labute approximate surface area is 111 Å². The van der Waals surface area contributed by atoms with Crippen molar-refractivity contribution < 1.29 is 5.11 Å². The number of piperidine rings is 1. The fraction of sp³-hybridized carbons (Fsp3) is 0.333. The predicted octanol–water partition coefficient (Wildman–Crippen LogP) is 3.39. The molecule has 0 amide bonds. The Kier molecular flexibility index (Phi) is 3.43. The number of benzene rings is 2. The van der Waals surface area contributed by atoms with E-state index in [9.17, 15) is 5.11 Å². The zero-order valence-electron chi connectivity index (χ0n) is 10.2. The molecule has 0 aliphatic carbocycles. The first kappa shape index (κ1) is 11.9. The van der Waals surface area contributed by atoms with Gasteiger partial charge < -0.3 is 10.4 Å². The van der Waals surface area contributed by atoms with Crippen molar-refractivity contribution >= 4 is 22.5 Å². The average Bonchev–Trinajstić information content (AvgIpc) is 2.44. The van der Waals surface area contributed by atoms with Crippen molar-refractivity contribution in [1.82, 2.24) is 5.32 Å². The number of thioether (sulfide) groups is 1. The van der Waals surface area contributed by atoms with Gasteiger partial charge in [-0.25, -0.2) is 0 Å². The standard InChI is InChI=1S/C15H17NOS/c17-14-7-8-15(13-6-2-1-5-12(13)14)18-11-4-3-9-16-10-11/h1-2,5-8,11,16-17H,3-4,9-10H2. The zero-order valence-corrected chi connectivity index (χ0v) is 11.0. The number of nitrogens with one attached hydrogen (secondary N) is 1. The van der Waals surface area contributed by atoms with Crippen LogP contribution in [0, 0.1) is 0 Å². The van der Waals surface area contributed by atoms with E-state index in [0.717, 1.165) is 23.9 Å². The van der Waals surface area contributed by atoms with Crippen LogP contribution < -0.4 is 5.32 Å². The molecule has 2 N–H and O–H groups in total. The Hall–Kier alpha value is -1.19. The van der Waals surface area contributed by atoms with Gasteiger partial charge in [0.25, 0.3) is 0 Å². The van der Waals surface area contributed by atoms with E-state index in [2.05, 4.69) is 11.4 Å². The Morgan fingerprint density at radius 1 is 1.11 bits per heavy atom. The van der Waals surface area contributed by atoms with Crippen LogP contribution in [-0.4, -0.2) is 23.4 Å². The highest BCUT2D eigenvalue weighted by Gasteiger charge is 2.15. The maximum absolute atomic E-state index is 9.88. The maximum Gasteiger partial charge on any atom is 0.123 e. The number of hydrogen-bond acceptors (Lipinski definition) is 3. The van der Waals surface area contributed by atoms with Gasteiger partial charge >= 0.3 is 0 Å². The summed E-state index contributed by atoms with van der Waals surface area (Å²) in [5.41, 5.74) is 0. The summed E-state index contributed by atoms with van der Waals surface area (Å²) in [6, 6.07) is 11.9. The molecule has 1 saturated heterocycles. The second kappa shape index (κ2) is 5.21. The normalized spacial score (nSPS) is 20.1. The summed E-state index contributed by atoms with van der Waals surface area (Å²) in [6.45, 7) is 2.23. The molecule has 0 aromatic heterocycles. The molecule has 0 saturated carbocycles. The van der Waals surface area contributed by atoms with Crippen molar-refractivity contribution in [1.29, 1.82) is 0 Å². The minimum absolute atomic E-state index is 0.372. The smallest absolute Gasteiger partial charge is 0.123 e. The van der Waals surface area contributed by atoms with Crippen LogP contribution >= 0.6 is 11.8 Å². The molecule has 0 bridgehead atoms. The Morgan fingerprint density at radius 2 is 1.94 bits per heavy atom. The van der Waals surface area contributed by atoms with Gasteiger partial charge in [-0.2, -0.15) is 0 Å². The summed E-state index contributed by atoms with van der Waals surface area (Å²) in [5, 5.41) is 16.1. The number of fused-ring (bicyclic) bond motifs is 1. The lowest BCUT2D eigenvalue weighted by Gasteiger charge is -2.22. The van der Waals surface area contributed by atoms with E-state index >= 15 is 0 Å². The van der Waals surface area contributed by atoms with Crippen LogP contribution in [0.5, 0.6) is 5.75 Å². The fourth-order valence-corrected chi connectivity index (χ4v) is 3.75. The van der Waals surface area contributed by atoms with Gasteiger partial charge in [-0.3, -0.25) is 0 Å². The van der Waals surface area contributed by atoms with Crippen molar-refractivity contribution in [3.63, 3.8) is 0 Å². The van der Waals surface area contributed by atoms with E-state index in [1.54, 1.807) is 6.07 Å². The van der Waals surface area contributed by atoms with Crippen LogP contribution in [0.3, 0.4) is 0 Å². The highest BCUT2D eigenvalue weighted by Crippen LogP contribution is 2.36. The minimum atomic E-state index is 0.372. The van der Waals surface area contributed by atoms with Gasteiger partial charge in [0.1, 0.15) is 5.75 Å². The Balaban J connectivity index is 1.94. The molecule has 1 heterocycles. The SMILES string of the molecule is Oc1ccc(SC2CCCNC2)c2ccccc12. The Morgan fingerprint density at radius 3 is 2.72 bits per heavy atom. The zero-order chi connectivity index (χ0) is 12.4. The Bertz CT molecular complexity index is 549. The summed E-state index contributed by atoms with van der Waals surface area (Å²) < 4.78 is 0. The number of aromatic hydroxyl groups is 1. The lowest BCUT2D eigenvalue weighted by atomic mass is 10.1. The van der Waals surface area contributed by atoms with Crippen molar-refractivity contribution in [3.05, 3.63) is 36.4 Å². The molecule has 0 radical (unpaired) electrons. The highest BCUT2D eigenvalue weighted by molar-refractivity contribution is 8.00. The third-order valence-electron chi connectivity index (χ3n) is 3.41. The average molecular weight is 259 g/mol. The van der Waals surface area contributed by atoms with Gasteiger partial charge in [-0.1, -0.05) is 24.3 Å². The van der Waals surface area contributed by atoms with Gasteiger partial charge in [-0.15, -0.1) is 11.8 Å². The third-order valence-corrected chi connectivity index (χ3v) is 4.75. The van der Waals surface area contributed by atoms with E-state index < -0.39 is 0 Å². The largest absolute Gasteiger partial charge is 0.507 e. The molecule has 0 spiro atoms. The summed E-state index contributed by atoms with van der Waals surface area (Å²) in [7, 11) is 0. The van der Waals surface area contributed by atoms with Gasteiger partial charge in [-0.05, 0) is 36.9 Å². The predicted molar refractivity (Wildman–Crippen MR) is 77.4 cm³/mol. The molecule has 1 unspecified atom stereocenters. The molecular weight excluding hydrogens is 242 g/mol. The van der Waals surface area contributed by atoms with Crippen molar-refractivity contribution in [2.24, 2.45) is 0 Å². The summed E-state index contributed by atoms with van der Waals surface area (Å²) >= 11 is 1.93. The number of rotatable bonds is 2. The minimum Gasteiger partial charge on any atom is -0.507 e. The second-order valence-corrected chi connectivity index (χ2v) is 6.06. The van der Waals surface area contributed by atoms with Crippen molar-refractivity contribution in [2.45, 2.75) is 23.0 Å². The van der Waals surface area contributed by atoms with Crippen molar-refractivity contribution in [3.8, 4) is 5.75 Å².